The Morgan fingerprint density at radius 3 is 1.94 bits per heavy atom. The zero-order valence-electron chi connectivity index (χ0n) is 38.3. The average molecular weight is 985 g/mol. The van der Waals surface area contributed by atoms with Crippen LogP contribution in [0.15, 0.2) is 107 Å². The molecular formula is C48H50F6N14O3. The van der Waals surface area contributed by atoms with E-state index in [1.165, 1.54) is 20.4 Å². The smallest absolute Gasteiger partial charge is 0.366 e. The normalized spacial score (nSPS) is 21.3. The summed E-state index contributed by atoms with van der Waals surface area (Å²) in [6.07, 6.45) is 1.36. The van der Waals surface area contributed by atoms with Gasteiger partial charge in [0, 0.05) is 63.9 Å². The van der Waals surface area contributed by atoms with Crippen molar-refractivity contribution in [1.29, 1.82) is 0 Å². The minimum Gasteiger partial charge on any atom is -0.366 e. The van der Waals surface area contributed by atoms with Gasteiger partial charge in [-0.15, -0.1) is 0 Å². The number of anilines is 7. The van der Waals surface area contributed by atoms with E-state index in [1.54, 1.807) is 90.1 Å². The Morgan fingerprint density at radius 1 is 0.634 bits per heavy atom. The maximum Gasteiger partial charge on any atom is 0.408 e. The molecule has 71 heavy (non-hydrogen) atoms. The molecule has 0 radical (unpaired) electrons. The van der Waals surface area contributed by atoms with Crippen molar-refractivity contribution < 1.29 is 31.1 Å². The van der Waals surface area contributed by atoms with Gasteiger partial charge in [-0.25, -0.2) is 34.3 Å². The second-order valence-electron chi connectivity index (χ2n) is 18.2. The number of urea groups is 1. The predicted octanol–water partition coefficient (Wildman–Crippen LogP) is 7.28. The number of nitrogens with one attached hydrogen (secondary N) is 2. The van der Waals surface area contributed by atoms with E-state index in [0.717, 1.165) is 67.1 Å². The molecular weight excluding hydrogens is 935 g/mol. The number of carbonyl (C=O) groups is 1. The highest BCUT2D eigenvalue weighted by Crippen LogP contribution is 2.43. The number of pyridine rings is 5. The maximum absolute atomic E-state index is 13.5. The summed E-state index contributed by atoms with van der Waals surface area (Å²) in [4.78, 5) is 67.1. The quantitative estimate of drug-likeness (QED) is 0.170. The van der Waals surface area contributed by atoms with E-state index in [9.17, 15) is 40.7 Å². The van der Waals surface area contributed by atoms with Crippen LogP contribution in [-0.4, -0.2) is 116 Å². The first kappa shape index (κ1) is 47.2. The lowest BCUT2D eigenvalue weighted by Crippen LogP contribution is -2.56. The zero-order chi connectivity index (χ0) is 49.4. The van der Waals surface area contributed by atoms with Gasteiger partial charge in [0.1, 0.15) is 41.0 Å². The maximum atomic E-state index is 13.5. The molecule has 4 saturated heterocycles. The molecule has 4 atom stereocenters. The minimum atomic E-state index is -4.32. The van der Waals surface area contributed by atoms with Crippen LogP contribution < -0.4 is 46.5 Å². The Balaban J connectivity index is 0.000000128. The molecule has 23 heteroatoms. The molecule has 0 unspecified atom stereocenters. The van der Waals surface area contributed by atoms with Crippen molar-refractivity contribution in [3.05, 3.63) is 118 Å². The summed E-state index contributed by atoms with van der Waals surface area (Å²) in [5.41, 5.74) is 0.995. The van der Waals surface area contributed by atoms with Crippen molar-refractivity contribution in [2.45, 2.75) is 87.9 Å². The van der Waals surface area contributed by atoms with E-state index < -0.39 is 35.8 Å². The lowest BCUT2D eigenvalue weighted by Gasteiger charge is -2.46. The lowest BCUT2D eigenvalue weighted by molar-refractivity contribution is -0.146. The standard InChI is InChI=1S/C21H23F3N6O.C15H19F3N4.C12H8N4O2/c22-21(23,24)16-6-4-12-29(16)18-9-8-15-19(27-18)30(14-5-3-11-28(15)13-14)20(31)26-17-7-1-2-10-25-17;16-15(17,18)12-4-2-8-22(12)13-6-5-11-14(20-13)19-10-3-1-7-21(11)9-10;17-11-14-10-6-2-4-8-15(10)12(18)16(11)9-5-1-3-7-13-9/h1-2,7-10,14,16H,3-6,11-13H2,(H,25,26,31);5-6,10,12H,1-4,7-9H2,(H,19,20);1-8H/t14-,16-;10-,12-;/m00./s1. The van der Waals surface area contributed by atoms with Crippen molar-refractivity contribution in [1.82, 2.24) is 33.9 Å². The van der Waals surface area contributed by atoms with Crippen LogP contribution in [0, 0.1) is 0 Å². The molecule has 12 heterocycles. The largest absolute Gasteiger partial charge is 0.408 e. The van der Waals surface area contributed by atoms with Crippen LogP contribution in [0.4, 0.5) is 71.6 Å². The lowest BCUT2D eigenvalue weighted by atomic mass is 10.00. The third kappa shape index (κ3) is 9.72. The van der Waals surface area contributed by atoms with Crippen molar-refractivity contribution in [3.63, 3.8) is 0 Å². The molecule has 2 N–H and O–H groups in total. The van der Waals surface area contributed by atoms with E-state index in [1.807, 2.05) is 6.07 Å². The van der Waals surface area contributed by atoms with Crippen molar-refractivity contribution in [2.24, 2.45) is 0 Å². The summed E-state index contributed by atoms with van der Waals surface area (Å²) < 4.78 is 82.2. The minimum absolute atomic E-state index is 0.0564. The van der Waals surface area contributed by atoms with Gasteiger partial charge >= 0.3 is 29.8 Å². The number of aromatic nitrogens is 7. The molecule has 0 aromatic carbocycles. The van der Waals surface area contributed by atoms with Crippen LogP contribution >= 0.6 is 0 Å². The molecule has 4 bridgehead atoms. The van der Waals surface area contributed by atoms with Gasteiger partial charge in [0.25, 0.3) is 0 Å². The Hall–Kier alpha value is -7.46. The number of carbonyl (C=O) groups excluding carboxylic acids is 1. The molecule has 6 aliphatic heterocycles. The van der Waals surface area contributed by atoms with Gasteiger partial charge in [-0.1, -0.05) is 18.2 Å². The number of hydrogen-bond donors (Lipinski definition) is 2. The molecule has 17 nitrogen and oxygen atoms in total. The molecule has 6 aliphatic rings. The fraction of sp³-hybridized carbons (Fsp3) is 0.417. The van der Waals surface area contributed by atoms with E-state index >= 15 is 0 Å². The summed E-state index contributed by atoms with van der Waals surface area (Å²) in [6.45, 7) is 4.20. The van der Waals surface area contributed by atoms with E-state index in [4.69, 9.17) is 0 Å². The molecule has 6 aromatic rings. The number of nitrogens with zero attached hydrogens (tertiary/aromatic N) is 12. The van der Waals surface area contributed by atoms with Crippen molar-refractivity contribution in [3.8, 4) is 5.82 Å². The number of alkyl halides is 6. The summed E-state index contributed by atoms with van der Waals surface area (Å²) in [5, 5.41) is 6.19. The molecule has 2 amide bonds. The summed E-state index contributed by atoms with van der Waals surface area (Å²) in [7, 11) is 0. The zero-order valence-corrected chi connectivity index (χ0v) is 38.3. The molecule has 12 rings (SSSR count). The van der Waals surface area contributed by atoms with Crippen LogP contribution in [0.5, 0.6) is 0 Å². The summed E-state index contributed by atoms with van der Waals surface area (Å²) >= 11 is 0. The Morgan fingerprint density at radius 2 is 1.27 bits per heavy atom. The van der Waals surface area contributed by atoms with Crippen molar-refractivity contribution >= 4 is 52.1 Å². The molecule has 0 aliphatic carbocycles. The number of halogens is 6. The highest BCUT2D eigenvalue weighted by molar-refractivity contribution is 6.04. The topological polar surface area (TPSA) is 165 Å². The van der Waals surface area contributed by atoms with Gasteiger partial charge < -0.3 is 24.9 Å². The SMILES string of the molecule is FC(F)(F)[C@@H]1CCCN1c1ccc2c(n1)N[C@H]1CCCN2C1.O=C(Nc1ccccn1)N1c2nc(N3CCC[C@H]3C(F)(F)F)ccc2N2CCC[C@H]1C2.O=c1nc2ccccn2c(=O)n1-c1ccccn1. The first-order valence-corrected chi connectivity index (χ1v) is 23.7. The van der Waals surface area contributed by atoms with Gasteiger partial charge in [-0.3, -0.25) is 14.6 Å². The Labute approximate surface area is 402 Å². The van der Waals surface area contributed by atoms with Crippen LogP contribution in [0.3, 0.4) is 0 Å². The number of rotatable bonds is 4. The third-order valence-electron chi connectivity index (χ3n) is 13.6. The molecule has 4 fully saturated rings. The van der Waals surface area contributed by atoms with Crippen LogP contribution in [0.1, 0.15) is 51.4 Å². The number of amides is 2. The van der Waals surface area contributed by atoms with Crippen molar-refractivity contribution in [2.75, 3.05) is 74.4 Å². The Bertz CT molecular complexity index is 3000. The number of fused-ring (bicyclic) bond motifs is 9. The van der Waals surface area contributed by atoms with E-state index in [-0.39, 0.29) is 36.6 Å². The van der Waals surface area contributed by atoms with Gasteiger partial charge in [0.15, 0.2) is 11.6 Å². The predicted molar refractivity (Wildman–Crippen MR) is 256 cm³/mol. The fourth-order valence-corrected chi connectivity index (χ4v) is 10.4. The number of hydrogen-bond acceptors (Lipinski definition) is 13. The molecule has 6 aromatic heterocycles. The van der Waals surface area contributed by atoms with E-state index in [2.05, 4.69) is 45.4 Å². The summed E-state index contributed by atoms with van der Waals surface area (Å²) in [6, 6.07) is 19.3. The monoisotopic (exact) mass is 984 g/mol. The second kappa shape index (κ2) is 19.4. The Kier molecular flexibility index (Phi) is 12.9. The average Bonchev–Trinajstić information content (AvgIpc) is 4.08. The first-order valence-electron chi connectivity index (χ1n) is 23.7. The third-order valence-corrected chi connectivity index (χ3v) is 13.6. The molecule has 0 spiro atoms. The second-order valence-corrected chi connectivity index (χ2v) is 18.2. The van der Waals surface area contributed by atoms with Gasteiger partial charge in [0.2, 0.25) is 0 Å². The van der Waals surface area contributed by atoms with E-state index in [0.29, 0.717) is 61.6 Å². The van der Waals surface area contributed by atoms with Crippen LogP contribution in [0.2, 0.25) is 0 Å². The highest BCUT2D eigenvalue weighted by atomic mass is 19.4. The van der Waals surface area contributed by atoms with Gasteiger partial charge in [-0.2, -0.15) is 35.9 Å². The first-order chi connectivity index (χ1) is 34.2. The van der Waals surface area contributed by atoms with Gasteiger partial charge in [-0.05, 0) is 112 Å². The van der Waals surface area contributed by atoms with Crippen LogP contribution in [0.25, 0.3) is 11.5 Å². The fourth-order valence-electron chi connectivity index (χ4n) is 10.4. The van der Waals surface area contributed by atoms with Crippen LogP contribution in [-0.2, 0) is 0 Å². The molecule has 372 valence electrons. The highest BCUT2D eigenvalue weighted by Gasteiger charge is 2.48. The van der Waals surface area contributed by atoms with Gasteiger partial charge in [0.05, 0.1) is 17.4 Å². The molecule has 0 saturated carbocycles. The summed E-state index contributed by atoms with van der Waals surface area (Å²) in [5.74, 6) is 2.52. The number of piperidine rings is 2.